The minimum atomic E-state index is 0.169. The first-order valence-electron chi connectivity index (χ1n) is 8.46. The normalized spacial score (nSPS) is 13.3. The summed E-state index contributed by atoms with van der Waals surface area (Å²) in [5.74, 6) is 1.61. The second-order valence-corrected chi connectivity index (χ2v) is 6.29. The van der Waals surface area contributed by atoms with E-state index >= 15 is 0 Å². The summed E-state index contributed by atoms with van der Waals surface area (Å²) in [4.78, 5) is 14.5. The molecule has 0 unspecified atom stereocenters. The number of nitrogens with two attached hydrogens (primary N) is 1. The average molecular weight is 340 g/mol. The lowest BCUT2D eigenvalue weighted by atomic mass is 9.98. The van der Waals surface area contributed by atoms with E-state index in [4.69, 9.17) is 15.2 Å². The molecule has 1 amide bonds. The Hall–Kier alpha value is -2.69. The van der Waals surface area contributed by atoms with E-state index in [1.807, 2.05) is 41.3 Å². The molecule has 0 atom stereocenters. The molecule has 0 fully saturated rings. The Balaban J connectivity index is 1.66. The molecule has 1 aliphatic heterocycles. The first-order chi connectivity index (χ1) is 12.1. The molecule has 0 aromatic heterocycles. The van der Waals surface area contributed by atoms with Crippen molar-refractivity contribution in [3.63, 3.8) is 0 Å². The highest BCUT2D eigenvalue weighted by Gasteiger charge is 2.22. The van der Waals surface area contributed by atoms with E-state index in [0.717, 1.165) is 35.5 Å². The number of methoxy groups -OCH3 is 2. The molecule has 0 spiro atoms. The van der Waals surface area contributed by atoms with Gasteiger partial charge in [0.25, 0.3) is 0 Å². The highest BCUT2D eigenvalue weighted by Crippen LogP contribution is 2.33. The lowest BCUT2D eigenvalue weighted by molar-refractivity contribution is -0.132. The van der Waals surface area contributed by atoms with Crippen LogP contribution < -0.4 is 15.2 Å². The highest BCUT2D eigenvalue weighted by molar-refractivity contribution is 5.77. The van der Waals surface area contributed by atoms with Crippen molar-refractivity contribution in [3.05, 3.63) is 53.1 Å². The van der Waals surface area contributed by atoms with Crippen LogP contribution in [-0.4, -0.2) is 31.6 Å². The molecule has 1 aliphatic rings. The SMILES string of the molecule is COc1cc2c(cc1OC)CN(C(=O)CCc1cccc(N)c1)CC2. The zero-order chi connectivity index (χ0) is 17.8. The van der Waals surface area contributed by atoms with Crippen molar-refractivity contribution in [2.45, 2.75) is 25.8 Å². The molecule has 0 bridgehead atoms. The number of hydrogen-bond donors (Lipinski definition) is 1. The number of anilines is 1. The molecular formula is C20H24N2O3. The molecule has 0 radical (unpaired) electrons. The average Bonchev–Trinajstić information content (AvgIpc) is 2.64. The van der Waals surface area contributed by atoms with E-state index in [0.29, 0.717) is 25.1 Å². The first-order valence-corrected chi connectivity index (χ1v) is 8.46. The van der Waals surface area contributed by atoms with Gasteiger partial charge in [0.15, 0.2) is 11.5 Å². The number of rotatable bonds is 5. The topological polar surface area (TPSA) is 64.8 Å². The van der Waals surface area contributed by atoms with Gasteiger partial charge in [0.1, 0.15) is 0 Å². The summed E-state index contributed by atoms with van der Waals surface area (Å²) in [5, 5.41) is 0. The van der Waals surface area contributed by atoms with E-state index in [1.165, 1.54) is 5.56 Å². The van der Waals surface area contributed by atoms with Gasteiger partial charge >= 0.3 is 0 Å². The van der Waals surface area contributed by atoms with Gasteiger partial charge in [0, 0.05) is 25.2 Å². The summed E-state index contributed by atoms with van der Waals surface area (Å²) in [6.07, 6.45) is 2.03. The summed E-state index contributed by atoms with van der Waals surface area (Å²) in [6, 6.07) is 11.7. The van der Waals surface area contributed by atoms with Crippen LogP contribution in [0.3, 0.4) is 0 Å². The van der Waals surface area contributed by atoms with E-state index < -0.39 is 0 Å². The van der Waals surface area contributed by atoms with Gasteiger partial charge in [-0.05, 0) is 53.8 Å². The lowest BCUT2D eigenvalue weighted by Gasteiger charge is -2.29. The number of aryl methyl sites for hydroxylation is 1. The molecule has 0 saturated carbocycles. The number of nitrogens with zero attached hydrogens (tertiary/aromatic N) is 1. The Morgan fingerprint density at radius 1 is 1.12 bits per heavy atom. The molecule has 5 nitrogen and oxygen atoms in total. The van der Waals surface area contributed by atoms with Crippen LogP contribution in [0.25, 0.3) is 0 Å². The van der Waals surface area contributed by atoms with Crippen LogP contribution in [0.5, 0.6) is 11.5 Å². The zero-order valence-electron chi connectivity index (χ0n) is 14.7. The fourth-order valence-electron chi connectivity index (χ4n) is 3.25. The number of ether oxygens (including phenoxy) is 2. The van der Waals surface area contributed by atoms with Gasteiger partial charge in [-0.1, -0.05) is 12.1 Å². The van der Waals surface area contributed by atoms with Crippen LogP contribution in [0, 0.1) is 0 Å². The van der Waals surface area contributed by atoms with E-state index in [-0.39, 0.29) is 5.91 Å². The maximum Gasteiger partial charge on any atom is 0.223 e. The second kappa shape index (κ2) is 7.47. The molecule has 25 heavy (non-hydrogen) atoms. The van der Waals surface area contributed by atoms with Crippen LogP contribution in [0.1, 0.15) is 23.1 Å². The molecule has 3 rings (SSSR count). The predicted octanol–water partition coefficient (Wildman–Crippen LogP) is 2.80. The Bertz CT molecular complexity index is 774. The third-order valence-electron chi connectivity index (χ3n) is 4.65. The Kier molecular flexibility index (Phi) is 5.12. The van der Waals surface area contributed by atoms with Crippen molar-refractivity contribution in [2.24, 2.45) is 0 Å². The molecule has 0 saturated heterocycles. The van der Waals surface area contributed by atoms with Gasteiger partial charge in [-0.3, -0.25) is 4.79 Å². The first kappa shape index (κ1) is 17.1. The van der Waals surface area contributed by atoms with Gasteiger partial charge < -0.3 is 20.1 Å². The van der Waals surface area contributed by atoms with Crippen molar-refractivity contribution in [2.75, 3.05) is 26.5 Å². The van der Waals surface area contributed by atoms with Crippen LogP contribution in [-0.2, 0) is 24.2 Å². The quantitative estimate of drug-likeness (QED) is 0.850. The largest absolute Gasteiger partial charge is 0.493 e. The standard InChI is InChI=1S/C20H24N2O3/c1-24-18-11-15-8-9-22(13-16(15)12-19(18)25-2)20(23)7-6-14-4-3-5-17(21)10-14/h3-5,10-12H,6-9,13,21H2,1-2H3. The van der Waals surface area contributed by atoms with Gasteiger partial charge in [-0.25, -0.2) is 0 Å². The predicted molar refractivity (Wildman–Crippen MR) is 97.8 cm³/mol. The van der Waals surface area contributed by atoms with E-state index in [9.17, 15) is 4.79 Å². The number of fused-ring (bicyclic) bond motifs is 1. The van der Waals surface area contributed by atoms with Gasteiger partial charge in [0.2, 0.25) is 5.91 Å². The van der Waals surface area contributed by atoms with E-state index in [2.05, 4.69) is 0 Å². The number of amides is 1. The van der Waals surface area contributed by atoms with Crippen molar-refractivity contribution >= 4 is 11.6 Å². The van der Waals surface area contributed by atoms with Crippen LogP contribution in [0.4, 0.5) is 5.69 Å². The lowest BCUT2D eigenvalue weighted by Crippen LogP contribution is -2.36. The number of carbonyl (C=O) groups is 1. The Labute approximate surface area is 148 Å². The van der Waals surface area contributed by atoms with Gasteiger partial charge in [-0.2, -0.15) is 0 Å². The highest BCUT2D eigenvalue weighted by atomic mass is 16.5. The van der Waals surface area contributed by atoms with Gasteiger partial charge in [0.05, 0.1) is 14.2 Å². The molecule has 132 valence electrons. The molecule has 2 aromatic rings. The van der Waals surface area contributed by atoms with Crippen LogP contribution in [0.2, 0.25) is 0 Å². The van der Waals surface area contributed by atoms with Crippen molar-refractivity contribution in [3.8, 4) is 11.5 Å². The maximum atomic E-state index is 12.6. The third kappa shape index (κ3) is 3.87. The maximum absolute atomic E-state index is 12.6. The summed E-state index contributed by atoms with van der Waals surface area (Å²) in [6.45, 7) is 1.35. The summed E-state index contributed by atoms with van der Waals surface area (Å²) >= 11 is 0. The van der Waals surface area contributed by atoms with Crippen molar-refractivity contribution < 1.29 is 14.3 Å². The summed E-state index contributed by atoms with van der Waals surface area (Å²) in [5.41, 5.74) is 9.97. The molecule has 0 aliphatic carbocycles. The second-order valence-electron chi connectivity index (χ2n) is 6.29. The Morgan fingerprint density at radius 2 is 1.84 bits per heavy atom. The number of hydrogen-bond acceptors (Lipinski definition) is 4. The summed E-state index contributed by atoms with van der Waals surface area (Å²) in [7, 11) is 3.26. The molecule has 1 heterocycles. The monoisotopic (exact) mass is 340 g/mol. The van der Waals surface area contributed by atoms with Crippen molar-refractivity contribution in [1.29, 1.82) is 0 Å². The summed E-state index contributed by atoms with van der Waals surface area (Å²) < 4.78 is 10.7. The molecular weight excluding hydrogens is 316 g/mol. The number of benzene rings is 2. The zero-order valence-corrected chi connectivity index (χ0v) is 14.7. The number of carbonyl (C=O) groups excluding carboxylic acids is 1. The number of nitrogen functional groups attached to an aromatic ring is 1. The van der Waals surface area contributed by atoms with Crippen LogP contribution >= 0.6 is 0 Å². The fourth-order valence-corrected chi connectivity index (χ4v) is 3.25. The minimum absolute atomic E-state index is 0.169. The van der Waals surface area contributed by atoms with E-state index in [1.54, 1.807) is 14.2 Å². The van der Waals surface area contributed by atoms with Crippen LogP contribution in [0.15, 0.2) is 36.4 Å². The van der Waals surface area contributed by atoms with Crippen molar-refractivity contribution in [1.82, 2.24) is 4.90 Å². The molecule has 5 heteroatoms. The minimum Gasteiger partial charge on any atom is -0.493 e. The fraction of sp³-hybridized carbons (Fsp3) is 0.350. The molecule has 2 N–H and O–H groups in total. The molecule has 2 aromatic carbocycles. The third-order valence-corrected chi connectivity index (χ3v) is 4.65. The Morgan fingerprint density at radius 3 is 2.52 bits per heavy atom. The smallest absolute Gasteiger partial charge is 0.223 e. The van der Waals surface area contributed by atoms with Gasteiger partial charge in [-0.15, -0.1) is 0 Å².